The van der Waals surface area contributed by atoms with Crippen LogP contribution >= 0.6 is 0 Å². The quantitative estimate of drug-likeness (QED) is 0.872. The summed E-state index contributed by atoms with van der Waals surface area (Å²) in [6.45, 7) is 3.82. The Morgan fingerprint density at radius 1 is 0.727 bits per heavy atom. The maximum absolute atomic E-state index is 11.5. The third-order valence-corrected chi connectivity index (χ3v) is 5.16. The molecule has 1 saturated heterocycles. The fourth-order valence-electron chi connectivity index (χ4n) is 2.77. The third-order valence-electron chi connectivity index (χ3n) is 4.03. The van der Waals surface area contributed by atoms with Gasteiger partial charge in [-0.25, -0.2) is 8.42 Å². The topological polar surface area (TPSA) is 40.6 Å². The molecule has 22 heavy (non-hydrogen) atoms. The van der Waals surface area contributed by atoms with Crippen LogP contribution in [0.3, 0.4) is 0 Å². The largest absolute Gasteiger partial charge is 0.368 e. The van der Waals surface area contributed by atoms with Gasteiger partial charge in [0.25, 0.3) is 0 Å². The van der Waals surface area contributed by atoms with E-state index in [4.69, 9.17) is 0 Å². The number of benzene rings is 2. The second kappa shape index (κ2) is 6.01. The van der Waals surface area contributed by atoms with Gasteiger partial charge in [-0.1, -0.05) is 18.2 Å². The monoisotopic (exact) mass is 316 g/mol. The van der Waals surface area contributed by atoms with Crippen LogP contribution in [0.1, 0.15) is 0 Å². The zero-order valence-electron chi connectivity index (χ0n) is 12.6. The molecule has 5 heteroatoms. The summed E-state index contributed by atoms with van der Waals surface area (Å²) >= 11 is 0. The van der Waals surface area contributed by atoms with Crippen molar-refractivity contribution in [2.45, 2.75) is 4.90 Å². The van der Waals surface area contributed by atoms with E-state index < -0.39 is 9.84 Å². The van der Waals surface area contributed by atoms with Crippen LogP contribution in [0.2, 0.25) is 0 Å². The van der Waals surface area contributed by atoms with Gasteiger partial charge in [0.1, 0.15) is 0 Å². The molecule has 0 bridgehead atoms. The van der Waals surface area contributed by atoms with Gasteiger partial charge < -0.3 is 9.80 Å². The van der Waals surface area contributed by atoms with E-state index in [0.717, 1.165) is 31.9 Å². The van der Waals surface area contributed by atoms with Gasteiger partial charge in [-0.3, -0.25) is 0 Å². The van der Waals surface area contributed by atoms with E-state index in [1.807, 2.05) is 18.2 Å². The molecule has 1 aliphatic rings. The maximum atomic E-state index is 11.5. The van der Waals surface area contributed by atoms with Crippen molar-refractivity contribution in [2.75, 3.05) is 42.2 Å². The number of nitrogens with zero attached hydrogens (tertiary/aromatic N) is 2. The SMILES string of the molecule is CS(=O)(=O)c1ccc(N2CCN(c3ccccc3)CC2)cc1. The number of sulfone groups is 1. The molecule has 0 N–H and O–H groups in total. The van der Waals surface area contributed by atoms with Crippen molar-refractivity contribution < 1.29 is 8.42 Å². The Labute approximate surface area is 131 Å². The van der Waals surface area contributed by atoms with Gasteiger partial charge in [-0.2, -0.15) is 0 Å². The summed E-state index contributed by atoms with van der Waals surface area (Å²) in [5.74, 6) is 0. The lowest BCUT2D eigenvalue weighted by molar-refractivity contribution is 0.602. The first kappa shape index (κ1) is 14.9. The van der Waals surface area contributed by atoms with Gasteiger partial charge in [0.05, 0.1) is 4.90 Å². The molecule has 0 unspecified atom stereocenters. The lowest BCUT2D eigenvalue weighted by atomic mass is 10.2. The lowest BCUT2D eigenvalue weighted by Gasteiger charge is -2.37. The Kier molecular flexibility index (Phi) is 4.07. The molecule has 116 valence electrons. The molecule has 1 fully saturated rings. The Hall–Kier alpha value is -2.01. The van der Waals surface area contributed by atoms with Crippen LogP contribution in [-0.2, 0) is 9.84 Å². The van der Waals surface area contributed by atoms with Gasteiger partial charge in [0.2, 0.25) is 0 Å². The summed E-state index contributed by atoms with van der Waals surface area (Å²) in [4.78, 5) is 5.05. The highest BCUT2D eigenvalue weighted by Crippen LogP contribution is 2.21. The predicted octanol–water partition coefficient (Wildman–Crippen LogP) is 2.42. The van der Waals surface area contributed by atoms with Crippen LogP contribution in [0.5, 0.6) is 0 Å². The fourth-order valence-corrected chi connectivity index (χ4v) is 3.40. The summed E-state index contributed by atoms with van der Waals surface area (Å²) in [6.07, 6.45) is 1.24. The average Bonchev–Trinajstić information content (AvgIpc) is 2.55. The first-order valence-corrected chi connectivity index (χ1v) is 9.28. The minimum atomic E-state index is -3.12. The summed E-state index contributed by atoms with van der Waals surface area (Å²) in [5.41, 5.74) is 2.34. The van der Waals surface area contributed by atoms with E-state index >= 15 is 0 Å². The number of anilines is 2. The standard InChI is InChI=1S/C17H20N2O2S/c1-22(20,21)17-9-7-16(8-10-17)19-13-11-18(12-14-19)15-5-3-2-4-6-15/h2-10H,11-14H2,1H3. The highest BCUT2D eigenvalue weighted by molar-refractivity contribution is 7.90. The van der Waals surface area contributed by atoms with Gasteiger partial charge in [-0.05, 0) is 36.4 Å². The molecule has 0 radical (unpaired) electrons. The van der Waals surface area contributed by atoms with Crippen LogP contribution in [0.25, 0.3) is 0 Å². The molecular formula is C17H20N2O2S. The molecule has 3 rings (SSSR count). The second-order valence-electron chi connectivity index (χ2n) is 5.58. The van der Waals surface area contributed by atoms with Gasteiger partial charge >= 0.3 is 0 Å². The second-order valence-corrected chi connectivity index (χ2v) is 7.59. The Morgan fingerprint density at radius 2 is 1.18 bits per heavy atom. The summed E-state index contributed by atoms with van der Waals surface area (Å²) in [6, 6.07) is 17.6. The van der Waals surface area contributed by atoms with Crippen molar-refractivity contribution in [3.8, 4) is 0 Å². The average molecular weight is 316 g/mol. The van der Waals surface area contributed by atoms with E-state index in [1.54, 1.807) is 12.1 Å². The molecule has 0 aromatic heterocycles. The van der Waals surface area contributed by atoms with Crippen LogP contribution in [0, 0.1) is 0 Å². The molecular weight excluding hydrogens is 296 g/mol. The highest BCUT2D eigenvalue weighted by Gasteiger charge is 2.17. The van der Waals surface area contributed by atoms with Crippen molar-refractivity contribution in [3.05, 3.63) is 54.6 Å². The van der Waals surface area contributed by atoms with Crippen molar-refractivity contribution in [3.63, 3.8) is 0 Å². The number of hydrogen-bond acceptors (Lipinski definition) is 4. The lowest BCUT2D eigenvalue weighted by Crippen LogP contribution is -2.46. The van der Waals surface area contributed by atoms with Gasteiger partial charge in [0.15, 0.2) is 9.84 Å². The molecule has 2 aromatic rings. The molecule has 0 spiro atoms. The van der Waals surface area contributed by atoms with Gasteiger partial charge in [-0.15, -0.1) is 0 Å². The van der Waals surface area contributed by atoms with Crippen molar-refractivity contribution in [1.29, 1.82) is 0 Å². The first-order chi connectivity index (χ1) is 10.5. The number of rotatable bonds is 3. The zero-order valence-corrected chi connectivity index (χ0v) is 13.5. The Balaban J connectivity index is 1.66. The van der Waals surface area contributed by atoms with E-state index in [0.29, 0.717) is 4.90 Å². The van der Waals surface area contributed by atoms with Crippen LogP contribution in [0.4, 0.5) is 11.4 Å². The minimum absolute atomic E-state index is 0.374. The van der Waals surface area contributed by atoms with Crippen molar-refractivity contribution in [2.24, 2.45) is 0 Å². The molecule has 0 saturated carbocycles. The number of hydrogen-bond donors (Lipinski definition) is 0. The van der Waals surface area contributed by atoms with E-state index in [-0.39, 0.29) is 0 Å². The minimum Gasteiger partial charge on any atom is -0.368 e. The maximum Gasteiger partial charge on any atom is 0.175 e. The molecule has 2 aromatic carbocycles. The van der Waals surface area contributed by atoms with Crippen LogP contribution < -0.4 is 9.80 Å². The molecule has 0 aliphatic carbocycles. The fraction of sp³-hybridized carbons (Fsp3) is 0.294. The summed E-state index contributed by atoms with van der Waals surface area (Å²) < 4.78 is 23.0. The first-order valence-electron chi connectivity index (χ1n) is 7.39. The Morgan fingerprint density at radius 3 is 1.64 bits per heavy atom. The van der Waals surface area contributed by atoms with E-state index in [2.05, 4.69) is 34.1 Å². The van der Waals surface area contributed by atoms with Crippen molar-refractivity contribution >= 4 is 21.2 Å². The number of para-hydroxylation sites is 1. The molecule has 0 amide bonds. The predicted molar refractivity (Wildman–Crippen MR) is 90.4 cm³/mol. The Bertz CT molecular complexity index is 719. The molecule has 1 heterocycles. The third kappa shape index (κ3) is 3.25. The summed E-state index contributed by atoms with van der Waals surface area (Å²) in [5, 5.41) is 0. The van der Waals surface area contributed by atoms with E-state index in [1.165, 1.54) is 11.9 Å². The molecule has 0 atom stereocenters. The van der Waals surface area contributed by atoms with Crippen LogP contribution in [0.15, 0.2) is 59.5 Å². The zero-order chi connectivity index (χ0) is 15.6. The summed E-state index contributed by atoms with van der Waals surface area (Å²) in [7, 11) is -3.12. The molecule has 1 aliphatic heterocycles. The number of piperazine rings is 1. The van der Waals surface area contributed by atoms with Crippen LogP contribution in [-0.4, -0.2) is 40.9 Å². The van der Waals surface area contributed by atoms with E-state index in [9.17, 15) is 8.42 Å². The highest BCUT2D eigenvalue weighted by atomic mass is 32.2. The molecule has 4 nitrogen and oxygen atoms in total. The van der Waals surface area contributed by atoms with Gasteiger partial charge in [0, 0.05) is 43.8 Å². The normalized spacial score (nSPS) is 15.9. The smallest absolute Gasteiger partial charge is 0.175 e. The van der Waals surface area contributed by atoms with Crippen molar-refractivity contribution in [1.82, 2.24) is 0 Å².